The van der Waals surface area contributed by atoms with Gasteiger partial charge in [-0.15, -0.1) is 0 Å². The van der Waals surface area contributed by atoms with Crippen molar-refractivity contribution in [2.45, 2.75) is 6.92 Å². The average molecular weight is 171 g/mol. The third-order valence-electron chi connectivity index (χ3n) is 1.32. The first-order valence-electron chi connectivity index (χ1n) is 3.60. The molecule has 0 aliphatic rings. The Morgan fingerprint density at radius 2 is 2.58 bits per heavy atom. The van der Waals surface area contributed by atoms with Crippen LogP contribution >= 0.6 is 0 Å². The number of hydrogen-bond donors (Lipinski definition) is 2. The topological polar surface area (TPSA) is 57.8 Å². The first-order valence-corrected chi connectivity index (χ1v) is 3.60. The fourth-order valence-electron chi connectivity index (χ4n) is 0.786. The maximum absolute atomic E-state index is 11.6. The van der Waals surface area contributed by atoms with Gasteiger partial charge in [-0.05, 0) is 13.0 Å². The number of carbonyl (C=O) groups is 1. The summed E-state index contributed by atoms with van der Waals surface area (Å²) in [5.74, 6) is -0.350. The van der Waals surface area contributed by atoms with E-state index in [-0.39, 0.29) is 12.5 Å². The van der Waals surface area contributed by atoms with Gasteiger partial charge in [0.15, 0.2) is 0 Å². The van der Waals surface area contributed by atoms with Crippen molar-refractivity contribution < 1.29 is 9.18 Å². The molecule has 0 spiro atoms. The van der Waals surface area contributed by atoms with Crippen molar-refractivity contribution >= 4 is 5.91 Å². The number of halogens is 1. The molecule has 66 valence electrons. The number of aryl methyl sites for hydroxylation is 1. The van der Waals surface area contributed by atoms with Gasteiger partial charge >= 0.3 is 0 Å². The summed E-state index contributed by atoms with van der Waals surface area (Å²) in [6, 6.07) is 1.60. The monoisotopic (exact) mass is 171 g/mol. The van der Waals surface area contributed by atoms with Crippen LogP contribution in [0.15, 0.2) is 6.07 Å². The maximum Gasteiger partial charge on any atom is 0.271 e. The van der Waals surface area contributed by atoms with Crippen LogP contribution in [0.4, 0.5) is 4.39 Å². The zero-order valence-electron chi connectivity index (χ0n) is 6.72. The SMILES string of the molecule is Cc1cc(C(=O)NCCF)n[nH]1. The molecule has 0 saturated carbocycles. The van der Waals surface area contributed by atoms with Gasteiger partial charge in [-0.1, -0.05) is 0 Å². The van der Waals surface area contributed by atoms with Crippen LogP contribution in [0.3, 0.4) is 0 Å². The van der Waals surface area contributed by atoms with Crippen LogP contribution in [0.25, 0.3) is 0 Å². The fourth-order valence-corrected chi connectivity index (χ4v) is 0.786. The van der Waals surface area contributed by atoms with Crippen molar-refractivity contribution in [3.63, 3.8) is 0 Å². The molecular weight excluding hydrogens is 161 g/mol. The van der Waals surface area contributed by atoms with E-state index >= 15 is 0 Å². The van der Waals surface area contributed by atoms with E-state index in [0.29, 0.717) is 5.69 Å². The van der Waals surface area contributed by atoms with E-state index in [4.69, 9.17) is 0 Å². The lowest BCUT2D eigenvalue weighted by molar-refractivity contribution is 0.0946. The molecule has 0 fully saturated rings. The van der Waals surface area contributed by atoms with Crippen LogP contribution in [-0.2, 0) is 0 Å². The van der Waals surface area contributed by atoms with Gasteiger partial charge in [0.25, 0.3) is 5.91 Å². The molecule has 1 amide bonds. The lowest BCUT2D eigenvalue weighted by Gasteiger charge is -1.96. The van der Waals surface area contributed by atoms with Crippen molar-refractivity contribution in [2.75, 3.05) is 13.2 Å². The van der Waals surface area contributed by atoms with Crippen LogP contribution in [0.1, 0.15) is 16.2 Å². The van der Waals surface area contributed by atoms with Gasteiger partial charge < -0.3 is 5.32 Å². The molecule has 12 heavy (non-hydrogen) atoms. The largest absolute Gasteiger partial charge is 0.348 e. The quantitative estimate of drug-likeness (QED) is 0.692. The van der Waals surface area contributed by atoms with Crippen LogP contribution in [-0.4, -0.2) is 29.3 Å². The fraction of sp³-hybridized carbons (Fsp3) is 0.429. The summed E-state index contributed by atoms with van der Waals surface area (Å²) in [6.45, 7) is 1.26. The molecule has 0 aromatic carbocycles. The van der Waals surface area contributed by atoms with E-state index < -0.39 is 6.67 Å². The van der Waals surface area contributed by atoms with Crippen molar-refractivity contribution in [1.82, 2.24) is 15.5 Å². The second kappa shape index (κ2) is 3.85. The lowest BCUT2D eigenvalue weighted by atomic mass is 10.3. The minimum absolute atomic E-state index is 0.0325. The van der Waals surface area contributed by atoms with Crippen LogP contribution in [0.2, 0.25) is 0 Å². The molecule has 1 heterocycles. The third-order valence-corrected chi connectivity index (χ3v) is 1.32. The summed E-state index contributed by atoms with van der Waals surface area (Å²) in [7, 11) is 0. The predicted octanol–water partition coefficient (Wildman–Crippen LogP) is 0.417. The van der Waals surface area contributed by atoms with Gasteiger partial charge in [0.05, 0.1) is 0 Å². The molecule has 0 aliphatic carbocycles. The number of H-pyrrole nitrogens is 1. The zero-order chi connectivity index (χ0) is 8.97. The Balaban J connectivity index is 2.53. The van der Waals surface area contributed by atoms with Gasteiger partial charge in [0, 0.05) is 12.2 Å². The summed E-state index contributed by atoms with van der Waals surface area (Å²) in [4.78, 5) is 11.1. The Bertz CT molecular complexity index is 271. The zero-order valence-corrected chi connectivity index (χ0v) is 6.72. The average Bonchev–Trinajstić information content (AvgIpc) is 2.47. The van der Waals surface area contributed by atoms with Crippen LogP contribution in [0, 0.1) is 6.92 Å². The second-order valence-corrected chi connectivity index (χ2v) is 2.38. The molecule has 5 heteroatoms. The van der Waals surface area contributed by atoms with Crippen molar-refractivity contribution in [3.05, 3.63) is 17.5 Å². The highest BCUT2D eigenvalue weighted by Crippen LogP contribution is 1.96. The number of nitrogens with zero attached hydrogens (tertiary/aromatic N) is 1. The van der Waals surface area contributed by atoms with Crippen molar-refractivity contribution in [3.8, 4) is 0 Å². The Hall–Kier alpha value is -1.39. The minimum Gasteiger partial charge on any atom is -0.348 e. The number of amides is 1. The van der Waals surface area contributed by atoms with Gasteiger partial charge in [0.1, 0.15) is 12.4 Å². The third kappa shape index (κ3) is 2.05. The maximum atomic E-state index is 11.6. The lowest BCUT2D eigenvalue weighted by Crippen LogP contribution is -2.25. The number of hydrogen-bond acceptors (Lipinski definition) is 2. The van der Waals surface area contributed by atoms with Gasteiger partial charge in [0.2, 0.25) is 0 Å². The summed E-state index contributed by atoms with van der Waals surface area (Å²) >= 11 is 0. The van der Waals surface area contributed by atoms with Crippen molar-refractivity contribution in [1.29, 1.82) is 0 Å². The van der Waals surface area contributed by atoms with Gasteiger partial charge in [-0.3, -0.25) is 9.89 Å². The minimum atomic E-state index is -0.560. The first-order chi connectivity index (χ1) is 5.74. The molecule has 0 saturated heterocycles. The molecule has 0 aliphatic heterocycles. The summed E-state index contributed by atoms with van der Waals surface area (Å²) in [5, 5.41) is 8.70. The van der Waals surface area contributed by atoms with E-state index in [0.717, 1.165) is 5.69 Å². The number of alkyl halides is 1. The molecule has 0 atom stereocenters. The van der Waals surface area contributed by atoms with Crippen LogP contribution in [0.5, 0.6) is 0 Å². The molecular formula is C7H10FN3O. The molecule has 1 aromatic rings. The number of aromatic amines is 1. The van der Waals surface area contributed by atoms with Crippen molar-refractivity contribution in [2.24, 2.45) is 0 Å². The Morgan fingerprint density at radius 1 is 1.83 bits per heavy atom. The summed E-state index contributed by atoms with van der Waals surface area (Å²) in [5.41, 5.74) is 1.10. The number of carbonyl (C=O) groups excluding carboxylic acids is 1. The van der Waals surface area contributed by atoms with E-state index in [9.17, 15) is 9.18 Å². The van der Waals surface area contributed by atoms with Gasteiger partial charge in [-0.2, -0.15) is 5.10 Å². The van der Waals surface area contributed by atoms with E-state index in [2.05, 4.69) is 15.5 Å². The smallest absolute Gasteiger partial charge is 0.271 e. The predicted molar refractivity (Wildman–Crippen MR) is 41.6 cm³/mol. The normalized spacial score (nSPS) is 9.83. The summed E-state index contributed by atoms with van der Waals surface area (Å²) in [6.07, 6.45) is 0. The Kier molecular flexibility index (Phi) is 2.79. The second-order valence-electron chi connectivity index (χ2n) is 2.38. The molecule has 4 nitrogen and oxygen atoms in total. The highest BCUT2D eigenvalue weighted by atomic mass is 19.1. The first kappa shape index (κ1) is 8.70. The molecule has 0 bridgehead atoms. The Labute approximate surface area is 69.2 Å². The number of rotatable bonds is 3. The molecule has 2 N–H and O–H groups in total. The molecule has 0 unspecified atom stereocenters. The Morgan fingerprint density at radius 3 is 3.08 bits per heavy atom. The molecule has 1 aromatic heterocycles. The highest BCUT2D eigenvalue weighted by molar-refractivity contribution is 5.92. The van der Waals surface area contributed by atoms with E-state index in [1.807, 2.05) is 0 Å². The standard InChI is InChI=1S/C7H10FN3O/c1-5-4-6(11-10-5)7(12)9-3-2-8/h4H,2-3H2,1H3,(H,9,12)(H,10,11). The van der Waals surface area contributed by atoms with Crippen LogP contribution < -0.4 is 5.32 Å². The summed E-state index contributed by atoms with van der Waals surface area (Å²) < 4.78 is 11.6. The molecule has 1 rings (SSSR count). The van der Waals surface area contributed by atoms with E-state index in [1.165, 1.54) is 0 Å². The highest BCUT2D eigenvalue weighted by Gasteiger charge is 2.07. The number of nitrogens with one attached hydrogen (secondary N) is 2. The molecule has 0 radical (unpaired) electrons. The van der Waals surface area contributed by atoms with E-state index in [1.54, 1.807) is 13.0 Å². The van der Waals surface area contributed by atoms with Gasteiger partial charge in [-0.25, -0.2) is 4.39 Å². The number of aromatic nitrogens is 2.